The number of carbonyl (C=O) groups is 1. The fraction of sp³-hybridized carbons (Fsp3) is 0.304. The number of benzene rings is 2. The number of aryl methyl sites for hydroxylation is 1. The van der Waals surface area contributed by atoms with E-state index in [0.717, 1.165) is 43.0 Å². The van der Waals surface area contributed by atoms with Crippen LogP contribution in [0, 0.1) is 6.92 Å². The molecule has 0 spiro atoms. The van der Waals surface area contributed by atoms with Crippen LogP contribution >= 0.6 is 0 Å². The molecule has 150 valence electrons. The largest absolute Gasteiger partial charge is 0.476 e. The third-order valence-electron chi connectivity index (χ3n) is 5.20. The summed E-state index contributed by atoms with van der Waals surface area (Å²) in [5, 5.41) is 10.5. The quantitative estimate of drug-likeness (QED) is 0.674. The van der Waals surface area contributed by atoms with Crippen molar-refractivity contribution in [1.82, 2.24) is 15.5 Å². The van der Waals surface area contributed by atoms with Gasteiger partial charge in [-0.15, -0.1) is 0 Å². The number of piperidine rings is 1. The smallest absolute Gasteiger partial charge is 0.266 e. The number of aromatic nitrogens is 2. The molecule has 1 fully saturated rings. The molecule has 1 unspecified atom stereocenters. The second-order valence-electron chi connectivity index (χ2n) is 7.40. The van der Waals surface area contributed by atoms with Gasteiger partial charge in [-0.1, -0.05) is 48.5 Å². The summed E-state index contributed by atoms with van der Waals surface area (Å²) < 4.78 is 6.06. The molecule has 1 amide bonds. The zero-order valence-corrected chi connectivity index (χ0v) is 16.5. The number of carbonyl (C=O) groups excluding carboxylic acids is 1. The third kappa shape index (κ3) is 4.77. The van der Waals surface area contributed by atoms with E-state index in [4.69, 9.17) is 4.74 Å². The molecule has 0 aliphatic carbocycles. The number of amides is 1. The predicted molar refractivity (Wildman–Crippen MR) is 113 cm³/mol. The number of nitrogens with one attached hydrogen (secondary N) is 2. The lowest BCUT2D eigenvalue weighted by Gasteiger charge is -2.33. The minimum absolute atomic E-state index is 0.103. The van der Waals surface area contributed by atoms with Gasteiger partial charge in [0.2, 0.25) is 6.10 Å². The summed E-state index contributed by atoms with van der Waals surface area (Å²) in [5.41, 5.74) is 1.90. The molecule has 6 heteroatoms. The summed E-state index contributed by atoms with van der Waals surface area (Å²) in [5.74, 6) is 1.55. The number of aromatic amines is 1. The topological polar surface area (TPSA) is 70.2 Å². The van der Waals surface area contributed by atoms with Crippen LogP contribution in [0.25, 0.3) is 0 Å². The van der Waals surface area contributed by atoms with Gasteiger partial charge in [0.1, 0.15) is 5.75 Å². The molecule has 0 saturated carbocycles. The summed E-state index contributed by atoms with van der Waals surface area (Å²) >= 11 is 0. The molecule has 0 bridgehead atoms. The van der Waals surface area contributed by atoms with E-state index in [9.17, 15) is 4.79 Å². The van der Waals surface area contributed by atoms with Crippen LogP contribution in [0.1, 0.15) is 30.2 Å². The third-order valence-corrected chi connectivity index (χ3v) is 5.20. The van der Waals surface area contributed by atoms with Crippen molar-refractivity contribution in [3.8, 4) is 5.75 Å². The molecule has 1 atom stereocenters. The van der Waals surface area contributed by atoms with Crippen molar-refractivity contribution in [3.05, 3.63) is 78.0 Å². The first-order valence-electron chi connectivity index (χ1n) is 10.0. The molecule has 2 aromatic carbocycles. The van der Waals surface area contributed by atoms with Crippen LogP contribution in [0.4, 0.5) is 5.82 Å². The monoisotopic (exact) mass is 390 g/mol. The molecule has 4 rings (SSSR count). The van der Waals surface area contributed by atoms with Gasteiger partial charge in [-0.3, -0.25) is 9.89 Å². The summed E-state index contributed by atoms with van der Waals surface area (Å²) in [4.78, 5) is 15.4. The van der Waals surface area contributed by atoms with Gasteiger partial charge in [-0.05, 0) is 31.9 Å². The Morgan fingerprint density at radius 1 is 1.10 bits per heavy atom. The maximum absolute atomic E-state index is 13.1. The first kappa shape index (κ1) is 19.1. The molecular weight excluding hydrogens is 364 g/mol. The van der Waals surface area contributed by atoms with Crippen molar-refractivity contribution in [1.29, 1.82) is 0 Å². The van der Waals surface area contributed by atoms with Crippen molar-refractivity contribution >= 4 is 11.7 Å². The highest BCUT2D eigenvalue weighted by Gasteiger charge is 2.27. The molecule has 2 heterocycles. The summed E-state index contributed by atoms with van der Waals surface area (Å²) in [7, 11) is 0. The molecule has 1 saturated heterocycles. The van der Waals surface area contributed by atoms with Crippen molar-refractivity contribution in [2.45, 2.75) is 31.9 Å². The van der Waals surface area contributed by atoms with Crippen LogP contribution in [0.5, 0.6) is 5.75 Å². The van der Waals surface area contributed by atoms with E-state index in [-0.39, 0.29) is 11.9 Å². The first-order valence-corrected chi connectivity index (χ1v) is 10.0. The van der Waals surface area contributed by atoms with Crippen molar-refractivity contribution < 1.29 is 9.53 Å². The van der Waals surface area contributed by atoms with Crippen LogP contribution in [-0.4, -0.2) is 35.2 Å². The minimum atomic E-state index is -0.675. The van der Waals surface area contributed by atoms with Crippen LogP contribution in [-0.2, 0) is 4.79 Å². The maximum atomic E-state index is 13.1. The van der Waals surface area contributed by atoms with Crippen LogP contribution in [0.3, 0.4) is 0 Å². The standard InChI is InChI=1S/C23H26N4O2/c1-17-16-21(26-25-17)27-14-12-19(13-15-27)24-23(28)22(18-8-4-2-5-9-18)29-20-10-6-3-7-11-20/h2-11,16,19,22H,12-15H2,1H3,(H,24,28)(H,25,26). The zero-order valence-electron chi connectivity index (χ0n) is 16.5. The minimum Gasteiger partial charge on any atom is -0.476 e. The Morgan fingerprint density at radius 3 is 2.38 bits per heavy atom. The Kier molecular flexibility index (Phi) is 5.79. The van der Waals surface area contributed by atoms with E-state index in [1.165, 1.54) is 0 Å². The van der Waals surface area contributed by atoms with Crippen LogP contribution in [0.15, 0.2) is 66.7 Å². The number of hydrogen-bond acceptors (Lipinski definition) is 4. The summed E-state index contributed by atoms with van der Waals surface area (Å²) in [6.45, 7) is 3.73. The van der Waals surface area contributed by atoms with Crippen molar-refractivity contribution in [2.75, 3.05) is 18.0 Å². The van der Waals surface area contributed by atoms with Gasteiger partial charge < -0.3 is 15.0 Å². The highest BCUT2D eigenvalue weighted by atomic mass is 16.5. The normalized spacial score (nSPS) is 15.7. The van der Waals surface area contributed by atoms with E-state index in [0.29, 0.717) is 5.75 Å². The lowest BCUT2D eigenvalue weighted by Crippen LogP contribution is -2.46. The molecule has 1 aliphatic rings. The van der Waals surface area contributed by atoms with Gasteiger partial charge in [-0.2, -0.15) is 5.10 Å². The number of nitrogens with zero attached hydrogens (tertiary/aromatic N) is 2. The molecular formula is C23H26N4O2. The molecule has 2 N–H and O–H groups in total. The van der Waals surface area contributed by atoms with E-state index in [2.05, 4.69) is 26.5 Å². The summed E-state index contributed by atoms with van der Waals surface area (Å²) in [6, 6.07) is 21.3. The molecule has 1 aromatic heterocycles. The lowest BCUT2D eigenvalue weighted by molar-refractivity contribution is -0.129. The molecule has 1 aliphatic heterocycles. The second-order valence-corrected chi connectivity index (χ2v) is 7.40. The van der Waals surface area contributed by atoms with E-state index >= 15 is 0 Å². The number of rotatable bonds is 6. The Hall–Kier alpha value is -3.28. The molecule has 6 nitrogen and oxygen atoms in total. The van der Waals surface area contributed by atoms with Gasteiger partial charge in [0.25, 0.3) is 5.91 Å². The average Bonchev–Trinajstić information content (AvgIpc) is 3.20. The summed E-state index contributed by atoms with van der Waals surface area (Å²) in [6.07, 6.45) is 1.08. The Balaban J connectivity index is 1.40. The lowest BCUT2D eigenvalue weighted by atomic mass is 10.0. The van der Waals surface area contributed by atoms with Gasteiger partial charge in [0, 0.05) is 36.5 Å². The van der Waals surface area contributed by atoms with Crippen molar-refractivity contribution in [3.63, 3.8) is 0 Å². The fourth-order valence-electron chi connectivity index (χ4n) is 3.63. The van der Waals surface area contributed by atoms with Gasteiger partial charge >= 0.3 is 0 Å². The molecule has 3 aromatic rings. The number of para-hydroxylation sites is 1. The van der Waals surface area contributed by atoms with E-state index in [1.807, 2.05) is 67.6 Å². The highest BCUT2D eigenvalue weighted by Crippen LogP contribution is 2.24. The Morgan fingerprint density at radius 2 is 1.76 bits per heavy atom. The number of hydrogen-bond donors (Lipinski definition) is 2. The zero-order chi connectivity index (χ0) is 20.1. The Labute approximate surface area is 170 Å². The van der Waals surface area contributed by atoms with Gasteiger partial charge in [-0.25, -0.2) is 0 Å². The Bertz CT molecular complexity index is 918. The highest BCUT2D eigenvalue weighted by molar-refractivity contribution is 5.83. The average molecular weight is 390 g/mol. The maximum Gasteiger partial charge on any atom is 0.266 e. The van der Waals surface area contributed by atoms with Crippen LogP contribution in [0.2, 0.25) is 0 Å². The van der Waals surface area contributed by atoms with Crippen molar-refractivity contribution in [2.24, 2.45) is 0 Å². The fourth-order valence-corrected chi connectivity index (χ4v) is 3.63. The van der Waals surface area contributed by atoms with Gasteiger partial charge in [0.05, 0.1) is 0 Å². The van der Waals surface area contributed by atoms with Crippen LogP contribution < -0.4 is 15.0 Å². The van der Waals surface area contributed by atoms with E-state index < -0.39 is 6.10 Å². The van der Waals surface area contributed by atoms with Gasteiger partial charge in [0.15, 0.2) is 5.82 Å². The molecule has 0 radical (unpaired) electrons. The van der Waals surface area contributed by atoms with E-state index in [1.54, 1.807) is 0 Å². The SMILES string of the molecule is Cc1cc(N2CCC(NC(=O)C(Oc3ccccc3)c3ccccc3)CC2)n[nH]1. The molecule has 29 heavy (non-hydrogen) atoms. The first-order chi connectivity index (χ1) is 14.2. The number of H-pyrrole nitrogens is 1. The number of ether oxygens (including phenoxy) is 1. The predicted octanol–water partition coefficient (Wildman–Crippen LogP) is 3.62. The second kappa shape index (κ2) is 8.82. The number of anilines is 1.